The van der Waals surface area contributed by atoms with E-state index >= 15 is 0 Å². The van der Waals surface area contributed by atoms with Crippen molar-refractivity contribution in [2.75, 3.05) is 24.6 Å². The van der Waals surface area contributed by atoms with Crippen LogP contribution in [-0.2, 0) is 17.8 Å². The van der Waals surface area contributed by atoms with Crippen LogP contribution in [0.4, 0.5) is 18.9 Å². The Morgan fingerprint density at radius 3 is 2.44 bits per heavy atom. The topological polar surface area (TPSA) is 100 Å². The molecule has 3 N–H and O–H groups in total. The van der Waals surface area contributed by atoms with Gasteiger partial charge in [-0.15, -0.1) is 25.6 Å². The fraction of sp³-hybridized carbons (Fsp3) is 0.355. The Morgan fingerprint density at radius 1 is 1.02 bits per heavy atom. The van der Waals surface area contributed by atoms with Crippen LogP contribution in [0.15, 0.2) is 72.8 Å². The number of benzene rings is 3. The number of aliphatic hydroxyl groups is 1. The van der Waals surface area contributed by atoms with E-state index in [4.69, 9.17) is 4.74 Å². The zero-order valence-corrected chi connectivity index (χ0v) is 24.4. The average Bonchev–Trinajstić information content (AvgIpc) is 3.38. The number of anilines is 1. The summed E-state index contributed by atoms with van der Waals surface area (Å²) < 4.78 is 47.4. The van der Waals surface area contributed by atoms with Crippen molar-refractivity contribution in [2.45, 2.75) is 51.2 Å². The molecule has 2 atom stereocenters. The highest BCUT2D eigenvalue weighted by molar-refractivity contribution is 5.99. The number of carbonyl (C=O) groups is 2. The smallest absolute Gasteiger partial charge is 0.494 e. The monoisotopic (exact) mass is 621 g/mol. The second kappa shape index (κ2) is 15.6. The van der Waals surface area contributed by atoms with Crippen molar-refractivity contribution in [1.29, 1.82) is 0 Å². The summed E-state index contributed by atoms with van der Waals surface area (Å²) in [5.74, 6) is -0.338. The molecule has 1 saturated heterocycles. The molecule has 12 heteroatoms. The van der Waals surface area contributed by atoms with Crippen LogP contribution in [0, 0.1) is 0 Å². The molecule has 1 aliphatic heterocycles. The first-order chi connectivity index (χ1) is 20.1. The number of hydrogen-bond donors (Lipinski definition) is 3. The molecule has 0 spiro atoms. The van der Waals surface area contributed by atoms with E-state index < -0.39 is 24.4 Å². The maximum absolute atomic E-state index is 13.5. The van der Waals surface area contributed by atoms with E-state index in [-0.39, 0.29) is 42.7 Å². The molecule has 3 aromatic carbocycles. The SMILES string of the molecule is CCOc1cc(C(=O)N[C@@H](Cc2ccccc2)[C@@H](O)CNCc2cccc(OC(F)(F)F)c2)cc(N2CCCC2=O)c1.Cl. The Kier molecular flexibility index (Phi) is 12.2. The molecule has 3 aromatic rings. The van der Waals surface area contributed by atoms with Crippen LogP contribution in [0.3, 0.4) is 0 Å². The standard InChI is InChI=1S/C31H34F3N3O5.ClH/c1-2-41-26-17-23(16-24(18-26)37-13-7-12-29(37)39)30(40)36-27(15-21-8-4-3-5-9-21)28(38)20-35-19-22-10-6-11-25(14-22)42-31(32,33)34;/h3-6,8-11,14,16-18,27-28,35,38H,2,7,12-13,15,19-20H2,1H3,(H,36,40);1H/t27-,28-;/m0./s1. The normalized spacial score (nSPS) is 14.5. The molecule has 0 radical (unpaired) electrons. The Labute approximate surface area is 254 Å². The number of alkyl halides is 3. The zero-order chi connectivity index (χ0) is 30.1. The summed E-state index contributed by atoms with van der Waals surface area (Å²) in [5.41, 5.74) is 2.29. The molecule has 1 heterocycles. The van der Waals surface area contributed by atoms with Gasteiger partial charge in [-0.3, -0.25) is 9.59 Å². The van der Waals surface area contributed by atoms with Crippen LogP contribution in [0.25, 0.3) is 0 Å². The number of nitrogens with zero attached hydrogens (tertiary/aromatic N) is 1. The van der Waals surface area contributed by atoms with Gasteiger partial charge in [0, 0.05) is 43.4 Å². The predicted octanol–water partition coefficient (Wildman–Crippen LogP) is 5.02. The third-order valence-corrected chi connectivity index (χ3v) is 6.74. The van der Waals surface area contributed by atoms with Crippen molar-refractivity contribution in [3.8, 4) is 11.5 Å². The van der Waals surface area contributed by atoms with E-state index in [1.54, 1.807) is 29.2 Å². The number of ether oxygens (including phenoxy) is 2. The van der Waals surface area contributed by atoms with Crippen LogP contribution >= 0.6 is 12.4 Å². The second-order valence-corrected chi connectivity index (χ2v) is 9.96. The highest BCUT2D eigenvalue weighted by atomic mass is 35.5. The lowest BCUT2D eigenvalue weighted by Crippen LogP contribution is -2.48. The number of halogens is 4. The first-order valence-electron chi connectivity index (χ1n) is 13.8. The minimum atomic E-state index is -4.79. The quantitative estimate of drug-likeness (QED) is 0.248. The molecule has 232 valence electrons. The van der Waals surface area contributed by atoms with E-state index in [0.29, 0.717) is 43.0 Å². The van der Waals surface area contributed by atoms with Gasteiger partial charge in [0.25, 0.3) is 5.91 Å². The maximum atomic E-state index is 13.5. The summed E-state index contributed by atoms with van der Waals surface area (Å²) in [5, 5.41) is 17.1. The van der Waals surface area contributed by atoms with Crippen LogP contribution in [-0.4, -0.2) is 55.1 Å². The van der Waals surface area contributed by atoms with Gasteiger partial charge in [-0.05, 0) is 55.2 Å². The number of aliphatic hydroxyl groups excluding tert-OH is 1. The molecule has 43 heavy (non-hydrogen) atoms. The van der Waals surface area contributed by atoms with Crippen molar-refractivity contribution >= 4 is 29.9 Å². The van der Waals surface area contributed by atoms with Crippen LogP contribution < -0.4 is 25.0 Å². The van der Waals surface area contributed by atoms with Crippen molar-refractivity contribution in [3.63, 3.8) is 0 Å². The molecular formula is C31H35ClF3N3O5. The lowest BCUT2D eigenvalue weighted by atomic mass is 10.00. The van der Waals surface area contributed by atoms with E-state index in [9.17, 15) is 27.9 Å². The molecule has 0 aliphatic carbocycles. The van der Waals surface area contributed by atoms with Crippen LogP contribution in [0.5, 0.6) is 11.5 Å². The van der Waals surface area contributed by atoms with Gasteiger partial charge in [0.15, 0.2) is 0 Å². The molecule has 2 amide bonds. The van der Waals surface area contributed by atoms with Crippen molar-refractivity contribution in [1.82, 2.24) is 10.6 Å². The summed E-state index contributed by atoms with van der Waals surface area (Å²) in [7, 11) is 0. The Morgan fingerprint density at radius 2 is 1.77 bits per heavy atom. The van der Waals surface area contributed by atoms with Crippen molar-refractivity contribution in [2.24, 2.45) is 0 Å². The lowest BCUT2D eigenvalue weighted by Gasteiger charge is -2.25. The van der Waals surface area contributed by atoms with Gasteiger partial charge < -0.3 is 30.1 Å². The minimum absolute atomic E-state index is 0. The number of hydrogen-bond acceptors (Lipinski definition) is 6. The van der Waals surface area contributed by atoms with Gasteiger partial charge in [0.05, 0.1) is 18.8 Å². The fourth-order valence-electron chi connectivity index (χ4n) is 4.80. The molecule has 0 unspecified atom stereocenters. The molecular weight excluding hydrogens is 587 g/mol. The van der Waals surface area contributed by atoms with Crippen LogP contribution in [0.2, 0.25) is 0 Å². The van der Waals surface area contributed by atoms with E-state index in [1.807, 2.05) is 37.3 Å². The molecule has 0 aromatic heterocycles. The fourth-order valence-corrected chi connectivity index (χ4v) is 4.80. The van der Waals surface area contributed by atoms with Crippen LogP contribution in [0.1, 0.15) is 41.3 Å². The molecule has 0 saturated carbocycles. The lowest BCUT2D eigenvalue weighted by molar-refractivity contribution is -0.274. The summed E-state index contributed by atoms with van der Waals surface area (Å²) in [6, 6.07) is 19.2. The molecule has 0 bridgehead atoms. The Hall–Kier alpha value is -3.80. The zero-order valence-electron chi connectivity index (χ0n) is 23.6. The maximum Gasteiger partial charge on any atom is 0.573 e. The molecule has 1 fully saturated rings. The summed E-state index contributed by atoms with van der Waals surface area (Å²) in [6.07, 6.45) is -4.33. The van der Waals surface area contributed by atoms with Gasteiger partial charge in [0.1, 0.15) is 11.5 Å². The van der Waals surface area contributed by atoms with Gasteiger partial charge in [-0.1, -0.05) is 42.5 Å². The minimum Gasteiger partial charge on any atom is -0.494 e. The predicted molar refractivity (Wildman–Crippen MR) is 159 cm³/mol. The van der Waals surface area contributed by atoms with E-state index in [2.05, 4.69) is 15.4 Å². The summed E-state index contributed by atoms with van der Waals surface area (Å²) in [6.45, 7) is 2.98. The number of carbonyl (C=O) groups excluding carboxylic acids is 2. The summed E-state index contributed by atoms with van der Waals surface area (Å²) in [4.78, 5) is 27.5. The highest BCUT2D eigenvalue weighted by Gasteiger charge is 2.31. The third-order valence-electron chi connectivity index (χ3n) is 6.74. The third kappa shape index (κ3) is 10.2. The van der Waals surface area contributed by atoms with Gasteiger partial charge >= 0.3 is 6.36 Å². The largest absolute Gasteiger partial charge is 0.573 e. The summed E-state index contributed by atoms with van der Waals surface area (Å²) >= 11 is 0. The van der Waals surface area contributed by atoms with E-state index in [1.165, 1.54) is 18.2 Å². The first-order valence-corrected chi connectivity index (χ1v) is 13.8. The average molecular weight is 622 g/mol. The number of nitrogens with one attached hydrogen (secondary N) is 2. The Balaban J connectivity index is 0.00000506. The Bertz CT molecular complexity index is 1360. The van der Waals surface area contributed by atoms with Gasteiger partial charge in [0.2, 0.25) is 5.91 Å². The van der Waals surface area contributed by atoms with Gasteiger partial charge in [-0.2, -0.15) is 0 Å². The second-order valence-electron chi connectivity index (χ2n) is 9.96. The number of amides is 2. The van der Waals surface area contributed by atoms with E-state index in [0.717, 1.165) is 12.0 Å². The number of rotatable bonds is 13. The highest BCUT2D eigenvalue weighted by Crippen LogP contribution is 2.28. The van der Waals surface area contributed by atoms with Crippen molar-refractivity contribution < 1.29 is 37.3 Å². The van der Waals surface area contributed by atoms with Gasteiger partial charge in [-0.25, -0.2) is 0 Å². The molecule has 8 nitrogen and oxygen atoms in total. The first kappa shape index (κ1) is 33.7. The molecule has 4 rings (SSSR count). The van der Waals surface area contributed by atoms with Crippen molar-refractivity contribution in [3.05, 3.63) is 89.5 Å². The molecule has 1 aliphatic rings.